The first-order chi connectivity index (χ1) is 16.3. The van der Waals surface area contributed by atoms with Crippen LogP contribution in [0.3, 0.4) is 0 Å². The van der Waals surface area contributed by atoms with Crippen molar-refractivity contribution in [1.82, 2.24) is 24.5 Å². The smallest absolute Gasteiger partial charge is 0.303 e. The van der Waals surface area contributed by atoms with Crippen LogP contribution in [-0.4, -0.2) is 41.2 Å². The minimum absolute atomic E-state index is 0. The Morgan fingerprint density at radius 3 is 2.35 bits per heavy atom. The molecule has 4 aromatic rings. The highest BCUT2D eigenvalue weighted by molar-refractivity contribution is 7.89. The molecule has 4 rings (SSSR count). The summed E-state index contributed by atoms with van der Waals surface area (Å²) in [6, 6.07) is 15.8. The molecule has 0 radical (unpaired) electrons. The Bertz CT molecular complexity index is 1450. The van der Waals surface area contributed by atoms with Crippen molar-refractivity contribution in [3.05, 3.63) is 89.8 Å². The maximum atomic E-state index is 14.7. The van der Waals surface area contributed by atoms with Gasteiger partial charge in [0.1, 0.15) is 23.0 Å². The van der Waals surface area contributed by atoms with E-state index >= 15 is 0 Å². The van der Waals surface area contributed by atoms with Gasteiger partial charge in [0.25, 0.3) is 0 Å². The SMILES string of the molecule is COc1cccc(-c2nnc(C(=O)NS(=O)(=O)Cc3ccccc3)n2-c2c(F)cccc2F)n1.[HH]. The topological polar surface area (TPSA) is 116 Å². The van der Waals surface area contributed by atoms with Crippen molar-refractivity contribution in [2.24, 2.45) is 0 Å². The molecule has 0 saturated carbocycles. The van der Waals surface area contributed by atoms with Crippen LogP contribution < -0.4 is 9.46 Å². The third-order valence-electron chi connectivity index (χ3n) is 4.64. The molecule has 0 aliphatic heterocycles. The lowest BCUT2D eigenvalue weighted by Crippen LogP contribution is -2.33. The zero-order chi connectivity index (χ0) is 24.3. The van der Waals surface area contributed by atoms with Crippen molar-refractivity contribution >= 4 is 15.9 Å². The van der Waals surface area contributed by atoms with Crippen molar-refractivity contribution in [1.29, 1.82) is 0 Å². The van der Waals surface area contributed by atoms with Gasteiger partial charge in [0.05, 0.1) is 12.9 Å². The largest absolute Gasteiger partial charge is 0.481 e. The third-order valence-corrected chi connectivity index (χ3v) is 5.85. The first kappa shape index (κ1) is 23.0. The number of carbonyl (C=O) groups excluding carboxylic acids is 1. The molecule has 0 aliphatic rings. The van der Waals surface area contributed by atoms with Crippen LogP contribution in [0, 0.1) is 11.6 Å². The zero-order valence-corrected chi connectivity index (χ0v) is 18.5. The molecule has 34 heavy (non-hydrogen) atoms. The molecule has 0 saturated heterocycles. The summed E-state index contributed by atoms with van der Waals surface area (Å²) >= 11 is 0. The number of halogens is 2. The Morgan fingerprint density at radius 2 is 1.68 bits per heavy atom. The van der Waals surface area contributed by atoms with Gasteiger partial charge in [-0.3, -0.25) is 9.36 Å². The van der Waals surface area contributed by atoms with Gasteiger partial charge in [-0.2, -0.15) is 0 Å². The third kappa shape index (κ3) is 4.76. The Kier molecular flexibility index (Phi) is 6.32. The molecule has 12 heteroatoms. The van der Waals surface area contributed by atoms with Gasteiger partial charge in [-0.05, 0) is 23.8 Å². The summed E-state index contributed by atoms with van der Waals surface area (Å²) in [7, 11) is -2.79. The Labute approximate surface area is 194 Å². The molecule has 2 aromatic heterocycles. The highest BCUT2D eigenvalue weighted by Crippen LogP contribution is 2.27. The number of methoxy groups -OCH3 is 1. The quantitative estimate of drug-likeness (QED) is 0.426. The van der Waals surface area contributed by atoms with E-state index in [2.05, 4.69) is 15.2 Å². The first-order valence-corrected chi connectivity index (χ1v) is 11.4. The minimum Gasteiger partial charge on any atom is -0.481 e. The van der Waals surface area contributed by atoms with E-state index in [-0.39, 0.29) is 18.8 Å². The fourth-order valence-electron chi connectivity index (χ4n) is 3.18. The van der Waals surface area contributed by atoms with Crippen molar-refractivity contribution in [2.45, 2.75) is 5.75 Å². The number of nitrogens with one attached hydrogen (secondary N) is 1. The summed E-state index contributed by atoms with van der Waals surface area (Å²) in [5.41, 5.74) is -0.149. The number of benzene rings is 2. The summed E-state index contributed by atoms with van der Waals surface area (Å²) in [4.78, 5) is 17.1. The number of pyridine rings is 1. The molecular weight excluding hydrogens is 468 g/mol. The number of aromatic nitrogens is 4. The number of carbonyl (C=O) groups is 1. The van der Waals surface area contributed by atoms with E-state index in [1.54, 1.807) is 36.4 Å². The summed E-state index contributed by atoms with van der Waals surface area (Å²) in [6.45, 7) is 0. The Hall–Kier alpha value is -4.19. The molecule has 176 valence electrons. The fourth-order valence-corrected chi connectivity index (χ4v) is 4.26. The monoisotopic (exact) mass is 487 g/mol. The summed E-state index contributed by atoms with van der Waals surface area (Å²) in [5, 5.41) is 7.58. The van der Waals surface area contributed by atoms with Crippen LogP contribution in [0.5, 0.6) is 5.88 Å². The maximum Gasteiger partial charge on any atom is 0.303 e. The molecule has 9 nitrogen and oxygen atoms in total. The van der Waals surface area contributed by atoms with Gasteiger partial charge in [-0.15, -0.1) is 10.2 Å². The predicted molar refractivity (Wildman–Crippen MR) is 120 cm³/mol. The molecule has 0 spiro atoms. The Morgan fingerprint density at radius 1 is 1.00 bits per heavy atom. The van der Waals surface area contributed by atoms with Crippen LogP contribution in [-0.2, 0) is 15.8 Å². The fraction of sp³-hybridized carbons (Fsp3) is 0.0909. The van der Waals surface area contributed by atoms with Crippen molar-refractivity contribution < 1.29 is 28.2 Å². The van der Waals surface area contributed by atoms with Gasteiger partial charge in [0, 0.05) is 7.49 Å². The molecule has 0 unspecified atom stereocenters. The van der Waals surface area contributed by atoms with Crippen molar-refractivity contribution in [2.75, 3.05) is 7.11 Å². The number of amides is 1. The van der Waals surface area contributed by atoms with Gasteiger partial charge < -0.3 is 4.74 Å². The molecule has 1 amide bonds. The van der Waals surface area contributed by atoms with E-state index in [0.717, 1.165) is 22.8 Å². The van der Waals surface area contributed by atoms with Crippen LogP contribution >= 0.6 is 0 Å². The minimum atomic E-state index is -4.17. The van der Waals surface area contributed by atoms with E-state index in [9.17, 15) is 22.0 Å². The van der Waals surface area contributed by atoms with Crippen LogP contribution in [0.4, 0.5) is 8.78 Å². The highest BCUT2D eigenvalue weighted by atomic mass is 32.2. The molecule has 0 atom stereocenters. The predicted octanol–water partition coefficient (Wildman–Crippen LogP) is 3.12. The lowest BCUT2D eigenvalue weighted by atomic mass is 10.2. The van der Waals surface area contributed by atoms with E-state index in [1.165, 1.54) is 19.2 Å². The summed E-state index contributed by atoms with van der Waals surface area (Å²) < 4.78 is 62.3. The Balaban J connectivity index is 0.00000342. The first-order valence-electron chi connectivity index (χ1n) is 9.79. The lowest BCUT2D eigenvalue weighted by Gasteiger charge is -2.12. The van der Waals surface area contributed by atoms with Crippen molar-refractivity contribution in [3.63, 3.8) is 0 Å². The number of nitrogens with zero attached hydrogens (tertiary/aromatic N) is 4. The number of hydrogen-bond acceptors (Lipinski definition) is 7. The molecule has 1 N–H and O–H groups in total. The second-order valence-electron chi connectivity index (χ2n) is 6.99. The maximum absolute atomic E-state index is 14.7. The normalized spacial score (nSPS) is 11.3. The van der Waals surface area contributed by atoms with Gasteiger partial charge in [-0.25, -0.2) is 26.9 Å². The van der Waals surface area contributed by atoms with Crippen LogP contribution in [0.2, 0.25) is 0 Å². The van der Waals surface area contributed by atoms with Crippen LogP contribution in [0.15, 0.2) is 66.7 Å². The van der Waals surface area contributed by atoms with Crippen LogP contribution in [0.25, 0.3) is 17.2 Å². The van der Waals surface area contributed by atoms with E-state index < -0.39 is 44.8 Å². The number of para-hydroxylation sites is 1. The number of sulfonamides is 1. The lowest BCUT2D eigenvalue weighted by molar-refractivity contribution is 0.0969. The zero-order valence-electron chi connectivity index (χ0n) is 17.6. The summed E-state index contributed by atoms with van der Waals surface area (Å²) in [6.07, 6.45) is 0. The number of hydrogen-bond donors (Lipinski definition) is 1. The van der Waals surface area contributed by atoms with E-state index in [0.29, 0.717) is 5.56 Å². The molecule has 2 aromatic carbocycles. The van der Waals surface area contributed by atoms with Gasteiger partial charge in [0.15, 0.2) is 5.82 Å². The average molecular weight is 487 g/mol. The van der Waals surface area contributed by atoms with E-state index in [1.807, 2.05) is 4.72 Å². The van der Waals surface area contributed by atoms with Crippen molar-refractivity contribution in [3.8, 4) is 23.1 Å². The second kappa shape index (κ2) is 9.35. The molecule has 0 aliphatic carbocycles. The molecule has 2 heterocycles. The highest BCUT2D eigenvalue weighted by Gasteiger charge is 2.28. The second-order valence-corrected chi connectivity index (χ2v) is 8.72. The standard InChI is InChI=1S/C22H17F2N5O4S.H2/c1-33-18-12-6-11-17(25-18)20-26-27-21(29(20)19-15(23)9-5-10-16(19)24)22(30)28-34(31,32)13-14-7-3-2-4-8-14;/h2-12H,13H2,1H3,(H,28,30);1H. The molecule has 0 bridgehead atoms. The van der Waals surface area contributed by atoms with Gasteiger partial charge in [-0.1, -0.05) is 42.5 Å². The average Bonchev–Trinajstić information content (AvgIpc) is 3.24. The van der Waals surface area contributed by atoms with Gasteiger partial charge in [0.2, 0.25) is 21.7 Å². The van der Waals surface area contributed by atoms with Crippen LogP contribution in [0.1, 0.15) is 17.6 Å². The summed E-state index contributed by atoms with van der Waals surface area (Å²) in [5.74, 6) is -4.44. The van der Waals surface area contributed by atoms with Gasteiger partial charge >= 0.3 is 5.91 Å². The number of ether oxygens (including phenoxy) is 1. The molecule has 0 fully saturated rings. The number of rotatable bonds is 7. The van der Waals surface area contributed by atoms with E-state index in [4.69, 9.17) is 4.74 Å². The molecular formula is C22H19F2N5O4S.